The number of amidine groups is 1. The molecule has 126 valence electrons. The molecule has 1 heterocycles. The summed E-state index contributed by atoms with van der Waals surface area (Å²) in [6, 6.07) is 11.6. The van der Waals surface area contributed by atoms with Crippen LogP contribution >= 0.6 is 11.6 Å². The number of hydrogen-bond donors (Lipinski definition) is 2. The number of nitrogens with zero attached hydrogens (tertiary/aromatic N) is 2. The summed E-state index contributed by atoms with van der Waals surface area (Å²) in [4.78, 5) is 4.22. The Bertz CT molecular complexity index is 682. The highest BCUT2D eigenvalue weighted by Gasteiger charge is 2.23. The summed E-state index contributed by atoms with van der Waals surface area (Å²) in [5.41, 5.74) is 2.18. The summed E-state index contributed by atoms with van der Waals surface area (Å²) < 4.78 is 0. The van der Waals surface area contributed by atoms with Crippen molar-refractivity contribution in [1.82, 2.24) is 4.98 Å². The van der Waals surface area contributed by atoms with Crippen molar-refractivity contribution >= 4 is 23.1 Å². The maximum Gasteiger partial charge on any atom is 0.146 e. The third kappa shape index (κ3) is 4.48. The van der Waals surface area contributed by atoms with Gasteiger partial charge in [0.2, 0.25) is 0 Å². The van der Waals surface area contributed by atoms with Crippen LogP contribution in [0.1, 0.15) is 43.6 Å². The fraction of sp³-hybridized carbons (Fsp3) is 0.368. The van der Waals surface area contributed by atoms with Gasteiger partial charge in [-0.25, -0.2) is 0 Å². The van der Waals surface area contributed by atoms with Gasteiger partial charge in [0, 0.05) is 29.5 Å². The number of pyridine rings is 1. The standard InChI is InChI=1S/C19H22ClN3O/c20-17-4-1-5-18(12-17)22-19(23-24)11-14-6-8-15(9-7-14)16-3-2-10-21-13-16/h1-5,10,12-15,24H,6-9,11H2,(H,22,23)/t14-,15+. The van der Waals surface area contributed by atoms with Crippen molar-refractivity contribution in [3.05, 3.63) is 59.4 Å². The van der Waals surface area contributed by atoms with Gasteiger partial charge in [-0.2, -0.15) is 0 Å². The summed E-state index contributed by atoms with van der Waals surface area (Å²) >= 11 is 5.99. The predicted molar refractivity (Wildman–Crippen MR) is 97.8 cm³/mol. The van der Waals surface area contributed by atoms with E-state index in [1.807, 2.05) is 42.7 Å². The lowest BCUT2D eigenvalue weighted by molar-refractivity contribution is 0.306. The van der Waals surface area contributed by atoms with Crippen LogP contribution < -0.4 is 5.32 Å². The lowest BCUT2D eigenvalue weighted by atomic mass is 9.78. The highest BCUT2D eigenvalue weighted by Crippen LogP contribution is 2.36. The molecule has 0 atom stereocenters. The topological polar surface area (TPSA) is 57.5 Å². The Labute approximate surface area is 147 Å². The second-order valence-electron chi connectivity index (χ2n) is 6.39. The van der Waals surface area contributed by atoms with E-state index < -0.39 is 0 Å². The van der Waals surface area contributed by atoms with Crippen LogP contribution in [0.25, 0.3) is 0 Å². The number of benzene rings is 1. The molecule has 0 spiro atoms. The molecule has 0 saturated heterocycles. The van der Waals surface area contributed by atoms with Gasteiger partial charge in [-0.05, 0) is 67.3 Å². The molecule has 1 fully saturated rings. The molecule has 1 aromatic heterocycles. The van der Waals surface area contributed by atoms with Crippen LogP contribution in [0.15, 0.2) is 53.9 Å². The van der Waals surface area contributed by atoms with Gasteiger partial charge in [0.05, 0.1) is 0 Å². The Hall–Kier alpha value is -2.07. The molecule has 3 rings (SSSR count). The average Bonchev–Trinajstić information content (AvgIpc) is 2.62. The van der Waals surface area contributed by atoms with E-state index in [-0.39, 0.29) is 0 Å². The van der Waals surface area contributed by atoms with Crippen molar-refractivity contribution in [2.75, 3.05) is 5.32 Å². The van der Waals surface area contributed by atoms with Gasteiger partial charge in [-0.15, -0.1) is 0 Å². The first-order valence-corrected chi connectivity index (χ1v) is 8.76. The Morgan fingerprint density at radius 1 is 1.21 bits per heavy atom. The Kier molecular flexibility index (Phi) is 5.70. The minimum atomic E-state index is 0.538. The van der Waals surface area contributed by atoms with Gasteiger partial charge >= 0.3 is 0 Å². The Morgan fingerprint density at radius 2 is 2.04 bits per heavy atom. The fourth-order valence-corrected chi connectivity index (χ4v) is 3.63. The van der Waals surface area contributed by atoms with Gasteiger partial charge < -0.3 is 10.5 Å². The van der Waals surface area contributed by atoms with Gasteiger partial charge in [-0.1, -0.05) is 28.9 Å². The number of anilines is 1. The molecule has 0 aliphatic heterocycles. The second-order valence-corrected chi connectivity index (χ2v) is 6.83. The Morgan fingerprint density at radius 3 is 2.71 bits per heavy atom. The van der Waals surface area contributed by atoms with E-state index in [1.54, 1.807) is 0 Å². The van der Waals surface area contributed by atoms with E-state index in [9.17, 15) is 5.21 Å². The van der Waals surface area contributed by atoms with Gasteiger partial charge in [0.25, 0.3) is 0 Å². The normalized spacial score (nSPS) is 21.5. The lowest BCUT2D eigenvalue weighted by Crippen LogP contribution is -2.21. The molecule has 0 radical (unpaired) electrons. The van der Waals surface area contributed by atoms with E-state index in [2.05, 4.69) is 21.5 Å². The van der Waals surface area contributed by atoms with E-state index in [4.69, 9.17) is 11.6 Å². The molecule has 2 aromatic rings. The number of oxime groups is 1. The first-order chi connectivity index (χ1) is 11.7. The van der Waals surface area contributed by atoms with Crippen LogP contribution in [0.2, 0.25) is 5.02 Å². The van der Waals surface area contributed by atoms with Crippen LogP contribution in [0.5, 0.6) is 0 Å². The molecule has 0 unspecified atom stereocenters. The molecule has 1 aliphatic carbocycles. The van der Waals surface area contributed by atoms with Gasteiger partial charge in [0.15, 0.2) is 0 Å². The monoisotopic (exact) mass is 343 g/mol. The summed E-state index contributed by atoms with van der Waals surface area (Å²) in [6.45, 7) is 0. The lowest BCUT2D eigenvalue weighted by Gasteiger charge is -2.28. The first kappa shape index (κ1) is 16.8. The predicted octanol–water partition coefficient (Wildman–Crippen LogP) is 5.30. The Balaban J connectivity index is 1.53. The van der Waals surface area contributed by atoms with Crippen molar-refractivity contribution in [3.63, 3.8) is 0 Å². The van der Waals surface area contributed by atoms with Gasteiger partial charge in [0.1, 0.15) is 5.84 Å². The minimum absolute atomic E-state index is 0.538. The molecule has 0 amide bonds. The number of rotatable bonds is 4. The molecular formula is C19H22ClN3O. The van der Waals surface area contributed by atoms with E-state index in [0.717, 1.165) is 37.8 Å². The average molecular weight is 344 g/mol. The summed E-state index contributed by atoms with van der Waals surface area (Å²) in [5.74, 6) is 1.74. The number of nitrogens with one attached hydrogen (secondary N) is 1. The number of aromatic nitrogens is 1. The highest BCUT2D eigenvalue weighted by molar-refractivity contribution is 6.30. The molecule has 2 N–H and O–H groups in total. The number of hydrogen-bond acceptors (Lipinski definition) is 3. The van der Waals surface area contributed by atoms with Crippen molar-refractivity contribution in [3.8, 4) is 0 Å². The molecule has 1 saturated carbocycles. The van der Waals surface area contributed by atoms with Crippen molar-refractivity contribution in [2.24, 2.45) is 11.1 Å². The quantitative estimate of drug-likeness (QED) is 0.343. The molecular weight excluding hydrogens is 322 g/mol. The van der Waals surface area contributed by atoms with E-state index in [1.165, 1.54) is 5.56 Å². The fourth-order valence-electron chi connectivity index (χ4n) is 3.44. The molecule has 5 heteroatoms. The maximum absolute atomic E-state index is 9.30. The van der Waals surface area contributed by atoms with Crippen LogP contribution in [-0.2, 0) is 0 Å². The summed E-state index contributed by atoms with van der Waals surface area (Å²) in [7, 11) is 0. The van der Waals surface area contributed by atoms with Crippen LogP contribution in [0.4, 0.5) is 5.69 Å². The molecule has 24 heavy (non-hydrogen) atoms. The van der Waals surface area contributed by atoms with Crippen molar-refractivity contribution < 1.29 is 5.21 Å². The zero-order valence-corrected chi connectivity index (χ0v) is 14.3. The smallest absolute Gasteiger partial charge is 0.146 e. The second kappa shape index (κ2) is 8.15. The molecule has 0 bridgehead atoms. The van der Waals surface area contributed by atoms with Crippen LogP contribution in [0.3, 0.4) is 0 Å². The largest absolute Gasteiger partial charge is 0.409 e. The molecule has 1 aliphatic rings. The first-order valence-electron chi connectivity index (χ1n) is 8.38. The third-order valence-electron chi connectivity index (χ3n) is 4.72. The van der Waals surface area contributed by atoms with Crippen molar-refractivity contribution in [2.45, 2.75) is 38.0 Å². The summed E-state index contributed by atoms with van der Waals surface area (Å²) in [5, 5.41) is 16.6. The number of halogens is 1. The molecule has 1 aromatic carbocycles. The van der Waals surface area contributed by atoms with Crippen LogP contribution in [0, 0.1) is 5.92 Å². The van der Waals surface area contributed by atoms with Gasteiger partial charge in [-0.3, -0.25) is 4.98 Å². The van der Waals surface area contributed by atoms with E-state index in [0.29, 0.717) is 22.7 Å². The maximum atomic E-state index is 9.30. The van der Waals surface area contributed by atoms with Crippen LogP contribution in [-0.4, -0.2) is 16.0 Å². The van der Waals surface area contributed by atoms with E-state index >= 15 is 0 Å². The highest BCUT2D eigenvalue weighted by atomic mass is 35.5. The SMILES string of the molecule is O/N=C(/C[C@H]1CC[C@@H](c2cccnc2)CC1)Nc1cccc(Cl)c1. The summed E-state index contributed by atoms with van der Waals surface area (Å²) in [6.07, 6.45) is 9.14. The zero-order chi connectivity index (χ0) is 16.8. The van der Waals surface area contributed by atoms with Crippen molar-refractivity contribution in [1.29, 1.82) is 0 Å². The minimum Gasteiger partial charge on any atom is -0.409 e. The zero-order valence-electron chi connectivity index (χ0n) is 13.5. The molecule has 4 nitrogen and oxygen atoms in total. The third-order valence-corrected chi connectivity index (χ3v) is 4.95.